The van der Waals surface area contributed by atoms with Crippen LogP contribution in [0.5, 0.6) is 0 Å². The topological polar surface area (TPSA) is 24.4 Å². The Labute approximate surface area is 91.2 Å². The third kappa shape index (κ3) is 2.03. The second-order valence-corrected chi connectivity index (χ2v) is 3.82. The molecule has 0 bridgehead atoms. The van der Waals surface area contributed by atoms with Crippen molar-refractivity contribution in [3.05, 3.63) is 35.4 Å². The van der Waals surface area contributed by atoms with Crippen molar-refractivity contribution in [2.45, 2.75) is 25.6 Å². The van der Waals surface area contributed by atoms with Crippen LogP contribution in [-0.2, 0) is 6.18 Å². The van der Waals surface area contributed by atoms with Crippen LogP contribution in [0.1, 0.15) is 30.5 Å². The minimum atomic E-state index is -4.31. The van der Waals surface area contributed by atoms with E-state index in [0.29, 0.717) is 6.42 Å². The molecule has 0 saturated heterocycles. The first-order chi connectivity index (χ1) is 7.48. The van der Waals surface area contributed by atoms with Crippen molar-refractivity contribution < 1.29 is 13.2 Å². The number of halogens is 3. The molecule has 5 heteroatoms. The number of benzene rings is 1. The lowest BCUT2D eigenvalue weighted by molar-refractivity contribution is -0.138. The highest BCUT2D eigenvalue weighted by Gasteiger charge is 2.35. The maximum absolute atomic E-state index is 12.7. The largest absolute Gasteiger partial charge is 0.416 e. The van der Waals surface area contributed by atoms with Crippen LogP contribution in [0, 0.1) is 0 Å². The average molecular weight is 228 g/mol. The highest BCUT2D eigenvalue weighted by Crippen LogP contribution is 2.36. The van der Waals surface area contributed by atoms with Crippen molar-refractivity contribution in [1.82, 2.24) is 5.43 Å². The summed E-state index contributed by atoms with van der Waals surface area (Å²) in [7, 11) is 0. The van der Waals surface area contributed by atoms with E-state index in [1.807, 2.05) is 0 Å². The molecule has 16 heavy (non-hydrogen) atoms. The van der Waals surface area contributed by atoms with Crippen molar-refractivity contribution in [3.8, 4) is 0 Å². The Morgan fingerprint density at radius 1 is 1.31 bits per heavy atom. The fourth-order valence-electron chi connectivity index (χ4n) is 1.81. The molecule has 0 spiro atoms. The maximum Gasteiger partial charge on any atom is 0.416 e. The number of hydrogen-bond acceptors (Lipinski definition) is 2. The van der Waals surface area contributed by atoms with Gasteiger partial charge in [0.15, 0.2) is 0 Å². The predicted molar refractivity (Wildman–Crippen MR) is 55.0 cm³/mol. The van der Waals surface area contributed by atoms with Crippen LogP contribution < -0.4 is 5.43 Å². The molecule has 0 aliphatic carbocycles. The van der Waals surface area contributed by atoms with E-state index in [-0.39, 0.29) is 11.6 Å². The molecule has 1 aliphatic rings. The third-order valence-electron chi connectivity index (χ3n) is 2.55. The Hall–Kier alpha value is -1.52. The van der Waals surface area contributed by atoms with Crippen molar-refractivity contribution in [3.63, 3.8) is 0 Å². The highest BCUT2D eigenvalue weighted by atomic mass is 19.4. The van der Waals surface area contributed by atoms with E-state index in [1.54, 1.807) is 13.0 Å². The Bertz CT molecular complexity index is 423. The predicted octanol–water partition coefficient (Wildman–Crippen LogP) is 3.12. The molecule has 1 aliphatic heterocycles. The SMILES string of the molecule is CC1=NNC(c2ccccc2C(F)(F)F)C1. The zero-order valence-electron chi connectivity index (χ0n) is 8.67. The maximum atomic E-state index is 12.7. The Kier molecular flexibility index (Phi) is 2.61. The van der Waals surface area contributed by atoms with E-state index in [1.165, 1.54) is 12.1 Å². The summed E-state index contributed by atoms with van der Waals surface area (Å²) in [5.41, 5.74) is 3.22. The van der Waals surface area contributed by atoms with Gasteiger partial charge in [0.1, 0.15) is 0 Å². The highest BCUT2D eigenvalue weighted by molar-refractivity contribution is 5.83. The van der Waals surface area contributed by atoms with Gasteiger partial charge in [0, 0.05) is 12.1 Å². The quantitative estimate of drug-likeness (QED) is 0.784. The summed E-state index contributed by atoms with van der Waals surface area (Å²) in [5, 5.41) is 3.92. The van der Waals surface area contributed by atoms with E-state index >= 15 is 0 Å². The van der Waals surface area contributed by atoms with Crippen LogP contribution in [0.2, 0.25) is 0 Å². The third-order valence-corrected chi connectivity index (χ3v) is 2.55. The van der Waals surface area contributed by atoms with E-state index in [2.05, 4.69) is 10.5 Å². The van der Waals surface area contributed by atoms with Gasteiger partial charge in [0.25, 0.3) is 0 Å². The average Bonchev–Trinajstić information content (AvgIpc) is 2.64. The minimum Gasteiger partial charge on any atom is -0.302 e. The van der Waals surface area contributed by atoms with Crippen LogP contribution in [-0.4, -0.2) is 5.71 Å². The summed E-state index contributed by atoms with van der Waals surface area (Å²) < 4.78 is 38.2. The number of hydrogen-bond donors (Lipinski definition) is 1. The molecule has 1 atom stereocenters. The molecule has 0 saturated carbocycles. The van der Waals surface area contributed by atoms with Crippen molar-refractivity contribution in [2.24, 2.45) is 5.10 Å². The first-order valence-corrected chi connectivity index (χ1v) is 4.93. The van der Waals surface area contributed by atoms with E-state index in [4.69, 9.17) is 0 Å². The molecule has 0 radical (unpaired) electrons. The van der Waals surface area contributed by atoms with Crippen molar-refractivity contribution >= 4 is 5.71 Å². The smallest absolute Gasteiger partial charge is 0.302 e. The van der Waals surface area contributed by atoms with Gasteiger partial charge in [-0.2, -0.15) is 18.3 Å². The zero-order chi connectivity index (χ0) is 11.8. The van der Waals surface area contributed by atoms with Crippen LogP contribution in [0.15, 0.2) is 29.4 Å². The fraction of sp³-hybridized carbons (Fsp3) is 0.364. The standard InChI is InChI=1S/C11H11F3N2/c1-7-6-10(16-15-7)8-4-2-3-5-9(8)11(12,13)14/h2-5,10,16H,6H2,1H3. The molecule has 2 nitrogen and oxygen atoms in total. The monoisotopic (exact) mass is 228 g/mol. The van der Waals surface area contributed by atoms with Crippen LogP contribution in [0.3, 0.4) is 0 Å². The fourth-order valence-corrected chi connectivity index (χ4v) is 1.81. The van der Waals surface area contributed by atoms with Gasteiger partial charge in [0.2, 0.25) is 0 Å². The number of nitrogens with one attached hydrogen (secondary N) is 1. The summed E-state index contributed by atoms with van der Waals surface area (Å²) in [5.74, 6) is 0. The van der Waals surface area contributed by atoms with Crippen molar-refractivity contribution in [2.75, 3.05) is 0 Å². The van der Waals surface area contributed by atoms with Crippen LogP contribution in [0.4, 0.5) is 13.2 Å². The number of alkyl halides is 3. The van der Waals surface area contributed by atoms with Gasteiger partial charge in [-0.05, 0) is 18.6 Å². The Morgan fingerprint density at radius 2 is 2.00 bits per heavy atom. The lowest BCUT2D eigenvalue weighted by Crippen LogP contribution is -2.17. The van der Waals surface area contributed by atoms with E-state index in [0.717, 1.165) is 11.8 Å². The molecule has 0 aromatic heterocycles. The molecular formula is C11H11F3N2. The van der Waals surface area contributed by atoms with Gasteiger partial charge >= 0.3 is 6.18 Å². The molecule has 2 rings (SSSR count). The first kappa shape index (κ1) is 11.0. The Balaban J connectivity index is 2.35. The van der Waals surface area contributed by atoms with Crippen LogP contribution >= 0.6 is 0 Å². The summed E-state index contributed by atoms with van der Waals surface area (Å²) in [6.45, 7) is 1.79. The van der Waals surface area contributed by atoms with Gasteiger partial charge in [0.05, 0.1) is 11.6 Å². The molecule has 0 amide bonds. The van der Waals surface area contributed by atoms with E-state index in [9.17, 15) is 13.2 Å². The van der Waals surface area contributed by atoms with Gasteiger partial charge in [-0.1, -0.05) is 18.2 Å². The second-order valence-electron chi connectivity index (χ2n) is 3.82. The van der Waals surface area contributed by atoms with Gasteiger partial charge in [-0.3, -0.25) is 0 Å². The van der Waals surface area contributed by atoms with Gasteiger partial charge < -0.3 is 5.43 Å². The molecule has 1 N–H and O–H groups in total. The molecular weight excluding hydrogens is 217 g/mol. The van der Waals surface area contributed by atoms with Gasteiger partial charge in [-0.15, -0.1) is 0 Å². The second kappa shape index (κ2) is 3.81. The molecule has 86 valence electrons. The molecule has 0 fully saturated rings. The number of hydrazone groups is 1. The number of rotatable bonds is 1. The van der Waals surface area contributed by atoms with Crippen LogP contribution in [0.25, 0.3) is 0 Å². The molecule has 1 aromatic rings. The molecule has 1 unspecified atom stereocenters. The summed E-state index contributed by atoms with van der Waals surface area (Å²) in [6, 6.07) is 5.24. The summed E-state index contributed by atoms with van der Waals surface area (Å²) >= 11 is 0. The lowest BCUT2D eigenvalue weighted by atomic mass is 9.97. The minimum absolute atomic E-state index is 0.260. The molecule has 1 aromatic carbocycles. The normalized spacial score (nSPS) is 20.5. The molecule has 1 heterocycles. The zero-order valence-corrected chi connectivity index (χ0v) is 8.67. The van der Waals surface area contributed by atoms with Gasteiger partial charge in [-0.25, -0.2) is 0 Å². The number of nitrogens with zero attached hydrogens (tertiary/aromatic N) is 1. The Morgan fingerprint density at radius 3 is 2.56 bits per heavy atom. The summed E-state index contributed by atoms with van der Waals surface area (Å²) in [6.07, 6.45) is -3.79. The van der Waals surface area contributed by atoms with Crippen molar-refractivity contribution in [1.29, 1.82) is 0 Å². The first-order valence-electron chi connectivity index (χ1n) is 4.93. The summed E-state index contributed by atoms with van der Waals surface area (Å²) in [4.78, 5) is 0. The van der Waals surface area contributed by atoms with E-state index < -0.39 is 11.7 Å². The lowest BCUT2D eigenvalue weighted by Gasteiger charge is -2.17.